The van der Waals surface area contributed by atoms with Crippen LogP contribution in [-0.2, 0) is 6.54 Å². The molecule has 1 amide bonds. The second kappa shape index (κ2) is 6.49. The Morgan fingerprint density at radius 2 is 2.14 bits per heavy atom. The lowest BCUT2D eigenvalue weighted by molar-refractivity contribution is 0.0957. The Hall–Kier alpha value is -2.21. The normalized spacial score (nSPS) is 10.9. The van der Waals surface area contributed by atoms with E-state index in [0.29, 0.717) is 18.3 Å². The molecule has 0 saturated carbocycles. The number of nitrogens with zero attached hydrogens (tertiary/aromatic N) is 2. The molecule has 0 atom stereocenters. The molecular weight excluding hydrogens is 271 g/mol. The van der Waals surface area contributed by atoms with Crippen LogP contribution < -0.4 is 10.6 Å². The lowest BCUT2D eigenvalue weighted by Crippen LogP contribution is -2.23. The molecule has 0 aliphatic heterocycles. The van der Waals surface area contributed by atoms with Crippen molar-refractivity contribution in [3.63, 3.8) is 0 Å². The number of carbonyl (C=O) groups excluding carboxylic acids is 1. The summed E-state index contributed by atoms with van der Waals surface area (Å²) >= 11 is 0. The number of hydrogen-bond donors (Lipinski definition) is 2. The highest BCUT2D eigenvalue weighted by Gasteiger charge is 2.14. The maximum atomic E-state index is 14.2. The summed E-state index contributed by atoms with van der Waals surface area (Å²) in [7, 11) is 1.53. The number of aromatic nitrogens is 2. The van der Waals surface area contributed by atoms with Crippen LogP contribution in [-0.4, -0.2) is 28.8 Å². The first-order valence-electron chi connectivity index (χ1n) is 6.82. The van der Waals surface area contributed by atoms with Crippen molar-refractivity contribution in [1.82, 2.24) is 20.4 Å². The molecule has 112 valence electrons. The maximum Gasteiger partial charge on any atom is 0.271 e. The maximum absolute atomic E-state index is 14.2. The van der Waals surface area contributed by atoms with Crippen molar-refractivity contribution >= 4 is 5.91 Å². The summed E-state index contributed by atoms with van der Waals surface area (Å²) in [5.41, 5.74) is 1.40. The van der Waals surface area contributed by atoms with E-state index in [1.165, 1.54) is 17.8 Å². The van der Waals surface area contributed by atoms with E-state index in [4.69, 9.17) is 0 Å². The van der Waals surface area contributed by atoms with Gasteiger partial charge in [-0.3, -0.25) is 4.79 Å². The third-order valence-electron chi connectivity index (χ3n) is 3.05. The fourth-order valence-electron chi connectivity index (χ4n) is 1.97. The van der Waals surface area contributed by atoms with Crippen molar-refractivity contribution in [2.75, 3.05) is 7.05 Å². The number of nitrogens with one attached hydrogen (secondary N) is 2. The fraction of sp³-hybridized carbons (Fsp3) is 0.333. The van der Waals surface area contributed by atoms with Gasteiger partial charge in [-0.05, 0) is 17.7 Å². The molecule has 6 heteroatoms. The molecule has 0 unspecified atom stereocenters. The van der Waals surface area contributed by atoms with Crippen molar-refractivity contribution in [1.29, 1.82) is 0 Å². The molecule has 0 spiro atoms. The van der Waals surface area contributed by atoms with E-state index in [0.717, 1.165) is 5.56 Å². The van der Waals surface area contributed by atoms with Crippen LogP contribution in [0, 0.1) is 5.82 Å². The lowest BCUT2D eigenvalue weighted by atomic mass is 10.1. The smallest absolute Gasteiger partial charge is 0.271 e. The van der Waals surface area contributed by atoms with Gasteiger partial charge in [-0.25, -0.2) is 9.07 Å². The van der Waals surface area contributed by atoms with Crippen LogP contribution in [0.2, 0.25) is 0 Å². The molecule has 2 N–H and O–H groups in total. The van der Waals surface area contributed by atoms with Crippen molar-refractivity contribution in [2.45, 2.75) is 26.4 Å². The van der Waals surface area contributed by atoms with Gasteiger partial charge in [0.25, 0.3) is 5.91 Å². The minimum atomic E-state index is -0.371. The van der Waals surface area contributed by atoms with Gasteiger partial charge in [-0.15, -0.1) is 0 Å². The zero-order valence-electron chi connectivity index (χ0n) is 12.4. The molecule has 21 heavy (non-hydrogen) atoms. The van der Waals surface area contributed by atoms with E-state index in [2.05, 4.69) is 15.7 Å². The number of para-hydroxylation sites is 1. The molecule has 1 heterocycles. The van der Waals surface area contributed by atoms with Crippen molar-refractivity contribution in [3.05, 3.63) is 47.5 Å². The summed E-state index contributed by atoms with van der Waals surface area (Å²) in [5.74, 6) is -0.670. The van der Waals surface area contributed by atoms with Gasteiger partial charge in [0.05, 0.1) is 0 Å². The van der Waals surface area contributed by atoms with E-state index in [-0.39, 0.29) is 17.4 Å². The highest BCUT2D eigenvalue weighted by molar-refractivity contribution is 5.91. The first-order valence-corrected chi connectivity index (χ1v) is 6.82. The second-order valence-corrected chi connectivity index (χ2v) is 5.01. The van der Waals surface area contributed by atoms with Gasteiger partial charge in [0.1, 0.15) is 11.5 Å². The van der Waals surface area contributed by atoms with Gasteiger partial charge in [0, 0.05) is 25.8 Å². The third-order valence-corrected chi connectivity index (χ3v) is 3.05. The minimum absolute atomic E-state index is 0.253. The standard InChI is InChI=1S/C15H19FN4O/c1-10(2)18-9-11-5-4-6-12(16)14(11)20-8-7-13(19-20)15(21)17-3/h4-8,10,18H,9H2,1-3H3,(H,17,21). The molecular formula is C15H19FN4O. The molecule has 0 saturated heterocycles. The monoisotopic (exact) mass is 290 g/mol. The Morgan fingerprint density at radius 1 is 1.38 bits per heavy atom. The average Bonchev–Trinajstić information content (AvgIpc) is 2.93. The Bertz CT molecular complexity index is 636. The lowest BCUT2D eigenvalue weighted by Gasteiger charge is -2.13. The molecule has 0 aliphatic rings. The summed E-state index contributed by atoms with van der Waals surface area (Å²) < 4.78 is 15.6. The highest BCUT2D eigenvalue weighted by atomic mass is 19.1. The van der Waals surface area contributed by atoms with Crippen molar-refractivity contribution in [3.8, 4) is 5.69 Å². The van der Waals surface area contributed by atoms with Crippen LogP contribution in [0.25, 0.3) is 5.69 Å². The zero-order chi connectivity index (χ0) is 15.4. The van der Waals surface area contributed by atoms with Crippen LogP contribution in [0.1, 0.15) is 29.9 Å². The fourth-order valence-corrected chi connectivity index (χ4v) is 1.97. The SMILES string of the molecule is CNC(=O)c1ccn(-c2c(F)cccc2CNC(C)C)n1. The third kappa shape index (κ3) is 3.46. The van der Waals surface area contributed by atoms with Gasteiger partial charge in [-0.2, -0.15) is 5.10 Å². The number of hydrogen-bond acceptors (Lipinski definition) is 3. The molecule has 0 bridgehead atoms. The topological polar surface area (TPSA) is 59.0 Å². The Morgan fingerprint density at radius 3 is 2.81 bits per heavy atom. The van der Waals surface area contributed by atoms with E-state index in [1.54, 1.807) is 18.3 Å². The summed E-state index contributed by atoms with van der Waals surface area (Å²) in [6, 6.07) is 6.74. The highest BCUT2D eigenvalue weighted by Crippen LogP contribution is 2.18. The van der Waals surface area contributed by atoms with Gasteiger partial charge < -0.3 is 10.6 Å². The predicted octanol–water partition coefficient (Wildman–Crippen LogP) is 1.87. The molecule has 0 radical (unpaired) electrons. The van der Waals surface area contributed by atoms with Crippen LogP contribution >= 0.6 is 0 Å². The van der Waals surface area contributed by atoms with E-state index in [1.807, 2.05) is 19.9 Å². The van der Waals surface area contributed by atoms with Crippen LogP contribution in [0.15, 0.2) is 30.5 Å². The first kappa shape index (κ1) is 15.2. The molecule has 1 aromatic heterocycles. The number of carbonyl (C=O) groups is 1. The molecule has 0 aliphatic carbocycles. The van der Waals surface area contributed by atoms with Crippen molar-refractivity contribution < 1.29 is 9.18 Å². The van der Waals surface area contributed by atoms with Gasteiger partial charge in [0.2, 0.25) is 0 Å². The molecule has 5 nitrogen and oxygen atoms in total. The number of amides is 1. The molecule has 2 rings (SSSR count). The summed E-state index contributed by atoms with van der Waals surface area (Å²) in [6.45, 7) is 4.58. The minimum Gasteiger partial charge on any atom is -0.354 e. The van der Waals surface area contributed by atoms with E-state index < -0.39 is 0 Å². The number of benzene rings is 1. The van der Waals surface area contributed by atoms with Gasteiger partial charge >= 0.3 is 0 Å². The van der Waals surface area contributed by atoms with Crippen LogP contribution in [0.4, 0.5) is 4.39 Å². The number of rotatable bonds is 5. The Labute approximate surface area is 123 Å². The van der Waals surface area contributed by atoms with Crippen LogP contribution in [0.5, 0.6) is 0 Å². The number of halogens is 1. The quantitative estimate of drug-likeness (QED) is 0.884. The summed E-state index contributed by atoms with van der Waals surface area (Å²) in [5, 5.41) is 9.88. The summed E-state index contributed by atoms with van der Waals surface area (Å²) in [4.78, 5) is 11.5. The van der Waals surface area contributed by atoms with Crippen LogP contribution in [0.3, 0.4) is 0 Å². The Balaban J connectivity index is 2.38. The van der Waals surface area contributed by atoms with Crippen molar-refractivity contribution in [2.24, 2.45) is 0 Å². The summed E-state index contributed by atoms with van der Waals surface area (Å²) in [6.07, 6.45) is 1.59. The van der Waals surface area contributed by atoms with E-state index >= 15 is 0 Å². The Kier molecular flexibility index (Phi) is 4.70. The predicted molar refractivity (Wildman–Crippen MR) is 78.9 cm³/mol. The largest absolute Gasteiger partial charge is 0.354 e. The molecule has 2 aromatic rings. The molecule has 0 fully saturated rings. The molecule has 1 aromatic carbocycles. The second-order valence-electron chi connectivity index (χ2n) is 5.01. The van der Waals surface area contributed by atoms with Gasteiger partial charge in [-0.1, -0.05) is 26.0 Å². The average molecular weight is 290 g/mol. The zero-order valence-corrected chi connectivity index (χ0v) is 12.4. The van der Waals surface area contributed by atoms with E-state index in [9.17, 15) is 9.18 Å². The first-order chi connectivity index (χ1) is 10.0. The van der Waals surface area contributed by atoms with Gasteiger partial charge in [0.15, 0.2) is 5.69 Å².